The van der Waals surface area contributed by atoms with Crippen molar-refractivity contribution in [3.63, 3.8) is 0 Å². The molecule has 1 atom stereocenters. The molecule has 0 spiro atoms. The van der Waals surface area contributed by atoms with Gasteiger partial charge in [0, 0.05) is 24.8 Å². The molecule has 5 heteroatoms. The second kappa shape index (κ2) is 5.61. The van der Waals surface area contributed by atoms with Gasteiger partial charge in [-0.3, -0.25) is 4.79 Å². The maximum absolute atomic E-state index is 12.2. The van der Waals surface area contributed by atoms with Gasteiger partial charge in [0.2, 0.25) is 12.7 Å². The highest BCUT2D eigenvalue weighted by molar-refractivity contribution is 5.81. The van der Waals surface area contributed by atoms with Crippen molar-refractivity contribution < 1.29 is 14.3 Å². The summed E-state index contributed by atoms with van der Waals surface area (Å²) in [4.78, 5) is 14.1. The third-order valence-electron chi connectivity index (χ3n) is 3.83. The number of amides is 1. The van der Waals surface area contributed by atoms with E-state index in [-0.39, 0.29) is 12.7 Å². The highest BCUT2D eigenvalue weighted by atomic mass is 16.7. The van der Waals surface area contributed by atoms with Crippen molar-refractivity contribution in [2.24, 2.45) is 5.92 Å². The van der Waals surface area contributed by atoms with Gasteiger partial charge in [-0.05, 0) is 30.9 Å². The number of benzene rings is 1. The molecule has 1 N–H and O–H groups in total. The predicted molar refractivity (Wildman–Crippen MR) is 76.0 cm³/mol. The molecule has 3 rings (SSSR count). The SMILES string of the molecule is CC1CCCN(C(=O)CNc2ccc3c(c2)OCO3)C1. The molecule has 20 heavy (non-hydrogen) atoms. The van der Waals surface area contributed by atoms with E-state index in [2.05, 4.69) is 12.2 Å². The van der Waals surface area contributed by atoms with Crippen LogP contribution >= 0.6 is 0 Å². The van der Waals surface area contributed by atoms with Crippen LogP contribution in [0.2, 0.25) is 0 Å². The van der Waals surface area contributed by atoms with Gasteiger partial charge in [-0.25, -0.2) is 0 Å². The molecule has 2 aliphatic rings. The number of ether oxygens (including phenoxy) is 2. The lowest BCUT2D eigenvalue weighted by Gasteiger charge is -2.31. The summed E-state index contributed by atoms with van der Waals surface area (Å²) in [5.41, 5.74) is 0.882. The molecule has 0 saturated carbocycles. The van der Waals surface area contributed by atoms with E-state index in [0.29, 0.717) is 12.5 Å². The van der Waals surface area contributed by atoms with Gasteiger partial charge >= 0.3 is 0 Å². The summed E-state index contributed by atoms with van der Waals surface area (Å²) >= 11 is 0. The molecule has 1 unspecified atom stereocenters. The summed E-state index contributed by atoms with van der Waals surface area (Å²) in [5, 5.41) is 3.16. The van der Waals surface area contributed by atoms with Gasteiger partial charge in [-0.2, -0.15) is 0 Å². The standard InChI is InChI=1S/C15H20N2O3/c1-11-3-2-6-17(9-11)15(18)8-16-12-4-5-13-14(7-12)20-10-19-13/h4-5,7,11,16H,2-3,6,8-10H2,1H3. The van der Waals surface area contributed by atoms with Gasteiger partial charge in [0.1, 0.15) is 0 Å². The molecule has 0 aromatic heterocycles. The van der Waals surface area contributed by atoms with Crippen LogP contribution in [0, 0.1) is 5.92 Å². The number of anilines is 1. The summed E-state index contributed by atoms with van der Waals surface area (Å²) in [5.74, 6) is 2.26. The van der Waals surface area contributed by atoms with E-state index in [1.165, 1.54) is 6.42 Å². The first-order valence-electron chi connectivity index (χ1n) is 7.13. The topological polar surface area (TPSA) is 50.8 Å². The summed E-state index contributed by atoms with van der Waals surface area (Å²) in [6.45, 7) is 4.55. The van der Waals surface area contributed by atoms with Crippen molar-refractivity contribution in [2.75, 3.05) is 31.7 Å². The molecule has 2 heterocycles. The Morgan fingerprint density at radius 2 is 2.25 bits per heavy atom. The Kier molecular flexibility index (Phi) is 3.67. The number of carbonyl (C=O) groups excluding carboxylic acids is 1. The van der Waals surface area contributed by atoms with E-state index < -0.39 is 0 Å². The van der Waals surface area contributed by atoms with Crippen molar-refractivity contribution in [3.05, 3.63) is 18.2 Å². The number of nitrogens with one attached hydrogen (secondary N) is 1. The smallest absolute Gasteiger partial charge is 0.241 e. The third-order valence-corrected chi connectivity index (χ3v) is 3.83. The lowest BCUT2D eigenvalue weighted by Crippen LogP contribution is -2.41. The molecule has 1 fully saturated rings. The first-order valence-corrected chi connectivity index (χ1v) is 7.13. The lowest BCUT2D eigenvalue weighted by atomic mass is 10.0. The maximum atomic E-state index is 12.2. The van der Waals surface area contributed by atoms with E-state index in [1.807, 2.05) is 23.1 Å². The Balaban J connectivity index is 1.55. The maximum Gasteiger partial charge on any atom is 0.241 e. The van der Waals surface area contributed by atoms with Gasteiger partial charge in [0.05, 0.1) is 6.54 Å². The monoisotopic (exact) mass is 276 g/mol. The number of nitrogens with zero attached hydrogens (tertiary/aromatic N) is 1. The largest absolute Gasteiger partial charge is 0.454 e. The zero-order valence-electron chi connectivity index (χ0n) is 11.7. The Labute approximate surface area is 118 Å². The molecule has 1 amide bonds. The first kappa shape index (κ1) is 13.1. The Morgan fingerprint density at radius 3 is 3.10 bits per heavy atom. The second-order valence-electron chi connectivity index (χ2n) is 5.51. The van der Waals surface area contributed by atoms with Crippen LogP contribution in [-0.2, 0) is 4.79 Å². The van der Waals surface area contributed by atoms with Gasteiger partial charge in [-0.15, -0.1) is 0 Å². The molecule has 0 radical (unpaired) electrons. The molecule has 0 bridgehead atoms. The first-order chi connectivity index (χ1) is 9.72. The van der Waals surface area contributed by atoms with E-state index >= 15 is 0 Å². The van der Waals surface area contributed by atoms with Gasteiger partial charge < -0.3 is 19.7 Å². The molecule has 1 aromatic rings. The molecule has 5 nitrogen and oxygen atoms in total. The molecular weight excluding hydrogens is 256 g/mol. The molecule has 1 aromatic carbocycles. The van der Waals surface area contributed by atoms with Crippen LogP contribution in [0.4, 0.5) is 5.69 Å². The van der Waals surface area contributed by atoms with E-state index in [1.54, 1.807) is 0 Å². The van der Waals surface area contributed by atoms with Crippen molar-refractivity contribution in [1.29, 1.82) is 0 Å². The molecule has 0 aliphatic carbocycles. The normalized spacial score (nSPS) is 20.9. The van der Waals surface area contributed by atoms with Crippen LogP contribution in [0.3, 0.4) is 0 Å². The van der Waals surface area contributed by atoms with Gasteiger partial charge in [0.15, 0.2) is 11.5 Å². The highest BCUT2D eigenvalue weighted by Crippen LogP contribution is 2.34. The van der Waals surface area contributed by atoms with Crippen LogP contribution in [0.25, 0.3) is 0 Å². The Bertz CT molecular complexity index is 504. The predicted octanol–water partition coefficient (Wildman–Crippen LogP) is 2.09. The van der Waals surface area contributed by atoms with Crippen molar-refractivity contribution >= 4 is 11.6 Å². The van der Waals surface area contributed by atoms with Gasteiger partial charge in [-0.1, -0.05) is 6.92 Å². The number of rotatable bonds is 3. The number of piperidine rings is 1. The summed E-state index contributed by atoms with van der Waals surface area (Å²) in [6, 6.07) is 5.63. The minimum absolute atomic E-state index is 0.161. The van der Waals surface area contributed by atoms with Crippen molar-refractivity contribution in [3.8, 4) is 11.5 Å². The third kappa shape index (κ3) is 2.81. The van der Waals surface area contributed by atoms with Crippen LogP contribution in [0.1, 0.15) is 19.8 Å². The minimum atomic E-state index is 0.161. The quantitative estimate of drug-likeness (QED) is 0.918. The number of hydrogen-bond acceptors (Lipinski definition) is 4. The minimum Gasteiger partial charge on any atom is -0.454 e. The number of likely N-dealkylation sites (tertiary alicyclic amines) is 1. The Morgan fingerprint density at radius 1 is 1.40 bits per heavy atom. The fourth-order valence-corrected chi connectivity index (χ4v) is 2.71. The Hall–Kier alpha value is -1.91. The number of carbonyl (C=O) groups is 1. The lowest BCUT2D eigenvalue weighted by molar-refractivity contribution is -0.130. The number of fused-ring (bicyclic) bond motifs is 1. The van der Waals surface area contributed by atoms with E-state index in [4.69, 9.17) is 9.47 Å². The molecule has 1 saturated heterocycles. The van der Waals surface area contributed by atoms with Crippen molar-refractivity contribution in [1.82, 2.24) is 4.90 Å². The second-order valence-corrected chi connectivity index (χ2v) is 5.51. The average Bonchev–Trinajstić information content (AvgIpc) is 2.92. The van der Waals surface area contributed by atoms with Crippen LogP contribution < -0.4 is 14.8 Å². The number of hydrogen-bond donors (Lipinski definition) is 1. The zero-order valence-corrected chi connectivity index (χ0v) is 11.7. The molecule has 108 valence electrons. The highest BCUT2D eigenvalue weighted by Gasteiger charge is 2.20. The summed E-state index contributed by atoms with van der Waals surface area (Å²) in [7, 11) is 0. The van der Waals surface area contributed by atoms with Crippen LogP contribution in [0.5, 0.6) is 11.5 Å². The summed E-state index contributed by atoms with van der Waals surface area (Å²) in [6.07, 6.45) is 2.33. The van der Waals surface area contributed by atoms with Crippen molar-refractivity contribution in [2.45, 2.75) is 19.8 Å². The average molecular weight is 276 g/mol. The van der Waals surface area contributed by atoms with Gasteiger partial charge in [0.25, 0.3) is 0 Å². The summed E-state index contributed by atoms with van der Waals surface area (Å²) < 4.78 is 10.6. The van der Waals surface area contributed by atoms with E-state index in [9.17, 15) is 4.79 Å². The zero-order chi connectivity index (χ0) is 13.9. The van der Waals surface area contributed by atoms with E-state index in [0.717, 1.165) is 36.7 Å². The van der Waals surface area contributed by atoms with Crippen LogP contribution in [0.15, 0.2) is 18.2 Å². The van der Waals surface area contributed by atoms with Crippen LogP contribution in [-0.4, -0.2) is 37.2 Å². The molecular formula is C15H20N2O3. The fraction of sp³-hybridized carbons (Fsp3) is 0.533. The molecule has 2 aliphatic heterocycles. The fourth-order valence-electron chi connectivity index (χ4n) is 2.71.